The van der Waals surface area contributed by atoms with Gasteiger partial charge in [-0.1, -0.05) is 0 Å². The summed E-state index contributed by atoms with van der Waals surface area (Å²) in [6.07, 6.45) is 1.69. The molecule has 0 saturated carbocycles. The standard InChI is InChI=1S/C15H18N4O3/c1-4-18-14(7-8-16-18)11(3)17-15(20)12-5-6-13(19(21)22)10(2)9-12/h5-9,11H,4H2,1-3H3,(H,17,20). The van der Waals surface area contributed by atoms with E-state index in [-0.39, 0.29) is 17.6 Å². The Morgan fingerprint density at radius 1 is 1.45 bits per heavy atom. The van der Waals surface area contributed by atoms with Crippen LogP contribution in [0, 0.1) is 17.0 Å². The van der Waals surface area contributed by atoms with E-state index >= 15 is 0 Å². The molecule has 1 heterocycles. The zero-order valence-electron chi connectivity index (χ0n) is 12.7. The zero-order valence-corrected chi connectivity index (χ0v) is 12.7. The molecule has 7 heteroatoms. The van der Waals surface area contributed by atoms with Crippen LogP contribution in [0.15, 0.2) is 30.5 Å². The van der Waals surface area contributed by atoms with Gasteiger partial charge in [-0.2, -0.15) is 5.10 Å². The van der Waals surface area contributed by atoms with Crippen LogP contribution >= 0.6 is 0 Å². The third-order valence-corrected chi connectivity index (χ3v) is 3.50. The van der Waals surface area contributed by atoms with Gasteiger partial charge in [-0.15, -0.1) is 0 Å². The van der Waals surface area contributed by atoms with Crippen molar-refractivity contribution in [1.29, 1.82) is 0 Å². The van der Waals surface area contributed by atoms with Crippen LogP contribution in [0.25, 0.3) is 0 Å². The Labute approximate surface area is 128 Å². The lowest BCUT2D eigenvalue weighted by molar-refractivity contribution is -0.385. The Kier molecular flexibility index (Phi) is 4.55. The van der Waals surface area contributed by atoms with E-state index in [2.05, 4.69) is 10.4 Å². The largest absolute Gasteiger partial charge is 0.344 e. The van der Waals surface area contributed by atoms with Crippen molar-refractivity contribution in [3.8, 4) is 0 Å². The molecule has 0 bridgehead atoms. The summed E-state index contributed by atoms with van der Waals surface area (Å²) in [5.74, 6) is -0.269. The first-order valence-electron chi connectivity index (χ1n) is 7.01. The monoisotopic (exact) mass is 302 g/mol. The second-order valence-electron chi connectivity index (χ2n) is 5.03. The molecule has 7 nitrogen and oxygen atoms in total. The van der Waals surface area contributed by atoms with Crippen molar-refractivity contribution < 1.29 is 9.72 Å². The molecule has 1 unspecified atom stereocenters. The molecule has 1 aromatic heterocycles. The van der Waals surface area contributed by atoms with Gasteiger partial charge in [0.2, 0.25) is 0 Å². The predicted octanol–water partition coefficient (Wildman–Crippen LogP) is 2.61. The van der Waals surface area contributed by atoms with Gasteiger partial charge in [0, 0.05) is 29.9 Å². The Bertz CT molecular complexity index is 709. The number of hydrogen-bond donors (Lipinski definition) is 1. The number of nitro benzene ring substituents is 1. The third kappa shape index (κ3) is 3.13. The maximum atomic E-state index is 12.3. The van der Waals surface area contributed by atoms with E-state index in [0.29, 0.717) is 11.1 Å². The number of aryl methyl sites for hydroxylation is 2. The smallest absolute Gasteiger partial charge is 0.272 e. The summed E-state index contributed by atoms with van der Waals surface area (Å²) >= 11 is 0. The number of nitro groups is 1. The molecule has 116 valence electrons. The highest BCUT2D eigenvalue weighted by Gasteiger charge is 2.17. The Morgan fingerprint density at radius 3 is 2.77 bits per heavy atom. The number of carbonyl (C=O) groups excluding carboxylic acids is 1. The maximum Gasteiger partial charge on any atom is 0.272 e. The summed E-state index contributed by atoms with van der Waals surface area (Å²) in [6, 6.07) is 5.99. The highest BCUT2D eigenvalue weighted by atomic mass is 16.6. The molecule has 0 spiro atoms. The van der Waals surface area contributed by atoms with Gasteiger partial charge in [0.25, 0.3) is 11.6 Å². The Hall–Kier alpha value is -2.70. The number of aromatic nitrogens is 2. The number of hydrogen-bond acceptors (Lipinski definition) is 4. The molecular formula is C15H18N4O3. The average Bonchev–Trinajstić information content (AvgIpc) is 2.95. The topological polar surface area (TPSA) is 90.1 Å². The lowest BCUT2D eigenvalue weighted by atomic mass is 10.1. The van der Waals surface area contributed by atoms with E-state index in [1.165, 1.54) is 18.2 Å². The molecule has 2 rings (SSSR count). The number of benzene rings is 1. The molecule has 1 aromatic carbocycles. The van der Waals surface area contributed by atoms with Crippen LogP contribution in [0.5, 0.6) is 0 Å². The first-order valence-corrected chi connectivity index (χ1v) is 7.01. The zero-order chi connectivity index (χ0) is 16.3. The lowest BCUT2D eigenvalue weighted by Crippen LogP contribution is -2.28. The highest BCUT2D eigenvalue weighted by molar-refractivity contribution is 5.94. The van der Waals surface area contributed by atoms with E-state index in [1.54, 1.807) is 13.1 Å². The van der Waals surface area contributed by atoms with Crippen molar-refractivity contribution in [2.75, 3.05) is 0 Å². The molecule has 0 radical (unpaired) electrons. The lowest BCUT2D eigenvalue weighted by Gasteiger charge is -2.15. The summed E-state index contributed by atoms with van der Waals surface area (Å²) in [6.45, 7) is 6.19. The Balaban J connectivity index is 2.15. The van der Waals surface area contributed by atoms with E-state index < -0.39 is 4.92 Å². The summed E-state index contributed by atoms with van der Waals surface area (Å²) in [7, 11) is 0. The number of carbonyl (C=O) groups is 1. The first kappa shape index (κ1) is 15.7. The summed E-state index contributed by atoms with van der Waals surface area (Å²) in [5, 5.41) is 17.9. The van der Waals surface area contributed by atoms with Gasteiger partial charge in [-0.25, -0.2) is 0 Å². The predicted molar refractivity (Wildman–Crippen MR) is 81.6 cm³/mol. The number of rotatable bonds is 5. The number of nitrogens with zero attached hydrogens (tertiary/aromatic N) is 3. The maximum absolute atomic E-state index is 12.3. The molecule has 0 aliphatic carbocycles. The van der Waals surface area contributed by atoms with Crippen LogP contribution in [0.3, 0.4) is 0 Å². The van der Waals surface area contributed by atoms with E-state index in [0.717, 1.165) is 12.2 Å². The second kappa shape index (κ2) is 6.38. The molecule has 0 aliphatic heterocycles. The van der Waals surface area contributed by atoms with Crippen molar-refractivity contribution in [3.05, 3.63) is 57.4 Å². The fourth-order valence-electron chi connectivity index (χ4n) is 2.33. The average molecular weight is 302 g/mol. The summed E-state index contributed by atoms with van der Waals surface area (Å²) in [5.41, 5.74) is 1.78. The van der Waals surface area contributed by atoms with Crippen LogP contribution < -0.4 is 5.32 Å². The minimum absolute atomic E-state index is 0.00802. The van der Waals surface area contributed by atoms with Gasteiger partial charge in [-0.05, 0) is 39.0 Å². The molecule has 1 amide bonds. The molecule has 1 N–H and O–H groups in total. The molecule has 2 aromatic rings. The van der Waals surface area contributed by atoms with Gasteiger partial charge in [0.05, 0.1) is 16.7 Å². The van der Waals surface area contributed by atoms with E-state index in [9.17, 15) is 14.9 Å². The normalized spacial score (nSPS) is 12.0. The van der Waals surface area contributed by atoms with Crippen LogP contribution in [0.4, 0.5) is 5.69 Å². The molecule has 0 fully saturated rings. The SMILES string of the molecule is CCn1nccc1C(C)NC(=O)c1ccc([N+](=O)[O-])c(C)c1. The summed E-state index contributed by atoms with van der Waals surface area (Å²) in [4.78, 5) is 22.6. The van der Waals surface area contributed by atoms with Crippen molar-refractivity contribution >= 4 is 11.6 Å². The molecule has 0 saturated heterocycles. The fraction of sp³-hybridized carbons (Fsp3) is 0.333. The van der Waals surface area contributed by atoms with Gasteiger partial charge < -0.3 is 5.32 Å². The number of nitrogens with one attached hydrogen (secondary N) is 1. The van der Waals surface area contributed by atoms with E-state index in [1.807, 2.05) is 24.6 Å². The molecular weight excluding hydrogens is 284 g/mol. The van der Waals surface area contributed by atoms with Crippen molar-refractivity contribution in [2.45, 2.75) is 33.4 Å². The molecule has 22 heavy (non-hydrogen) atoms. The quantitative estimate of drug-likeness (QED) is 0.679. The van der Waals surface area contributed by atoms with Crippen LogP contribution in [0.1, 0.15) is 41.5 Å². The van der Waals surface area contributed by atoms with Gasteiger partial charge in [0.15, 0.2) is 0 Å². The minimum atomic E-state index is -0.459. The molecule has 1 atom stereocenters. The first-order chi connectivity index (χ1) is 10.4. The minimum Gasteiger partial charge on any atom is -0.344 e. The third-order valence-electron chi connectivity index (χ3n) is 3.50. The van der Waals surface area contributed by atoms with Gasteiger partial charge in [-0.3, -0.25) is 19.6 Å². The fourth-order valence-corrected chi connectivity index (χ4v) is 2.33. The van der Waals surface area contributed by atoms with Crippen molar-refractivity contribution in [2.24, 2.45) is 0 Å². The highest BCUT2D eigenvalue weighted by Crippen LogP contribution is 2.19. The van der Waals surface area contributed by atoms with Crippen LogP contribution in [-0.4, -0.2) is 20.6 Å². The van der Waals surface area contributed by atoms with Gasteiger partial charge >= 0.3 is 0 Å². The van der Waals surface area contributed by atoms with Crippen LogP contribution in [-0.2, 0) is 6.54 Å². The van der Waals surface area contributed by atoms with Crippen LogP contribution in [0.2, 0.25) is 0 Å². The van der Waals surface area contributed by atoms with Crippen molar-refractivity contribution in [3.63, 3.8) is 0 Å². The second-order valence-corrected chi connectivity index (χ2v) is 5.03. The summed E-state index contributed by atoms with van der Waals surface area (Å²) < 4.78 is 1.81. The van der Waals surface area contributed by atoms with Crippen molar-refractivity contribution in [1.82, 2.24) is 15.1 Å². The van der Waals surface area contributed by atoms with E-state index in [4.69, 9.17) is 0 Å². The number of amides is 1. The Morgan fingerprint density at radius 2 is 2.18 bits per heavy atom. The molecule has 0 aliphatic rings. The van der Waals surface area contributed by atoms with Gasteiger partial charge in [0.1, 0.15) is 0 Å².